The molecule has 25 heavy (non-hydrogen) atoms. The Balaban J connectivity index is 1.74. The minimum atomic E-state index is -4.33. The third kappa shape index (κ3) is 7.01. The number of amides is 1. The summed E-state index contributed by atoms with van der Waals surface area (Å²) in [5.74, 6) is -0.0774. The van der Waals surface area contributed by atoms with E-state index in [0.29, 0.717) is 25.3 Å². The summed E-state index contributed by atoms with van der Waals surface area (Å²) < 4.78 is 45.9. The quantitative estimate of drug-likeness (QED) is 0.781. The van der Waals surface area contributed by atoms with Gasteiger partial charge in [0.15, 0.2) is 0 Å². The molecule has 0 bridgehead atoms. The smallest absolute Gasteiger partial charge is 0.381 e. The number of nitrogens with one attached hydrogen (secondary N) is 1. The van der Waals surface area contributed by atoms with Gasteiger partial charge in [-0.05, 0) is 29.9 Å². The molecule has 5 nitrogen and oxygen atoms in total. The summed E-state index contributed by atoms with van der Waals surface area (Å²) in [4.78, 5) is 12.1. The fraction of sp³-hybridized carbons (Fsp3) is 0.588. The summed E-state index contributed by atoms with van der Waals surface area (Å²) in [5.41, 5.74) is 7.47. The maximum absolute atomic E-state index is 12.1. The number of rotatable bonds is 7. The summed E-state index contributed by atoms with van der Waals surface area (Å²) in [5, 5.41) is 2.79. The molecule has 0 aromatic heterocycles. The van der Waals surface area contributed by atoms with E-state index in [2.05, 4.69) is 10.1 Å². The van der Waals surface area contributed by atoms with E-state index in [9.17, 15) is 18.0 Å². The van der Waals surface area contributed by atoms with Gasteiger partial charge in [-0.25, -0.2) is 0 Å². The molecule has 1 aromatic carbocycles. The first-order valence-corrected chi connectivity index (χ1v) is 8.18. The van der Waals surface area contributed by atoms with Gasteiger partial charge in [0.2, 0.25) is 5.91 Å². The van der Waals surface area contributed by atoms with Gasteiger partial charge in [0.25, 0.3) is 0 Å². The van der Waals surface area contributed by atoms with E-state index >= 15 is 0 Å². The monoisotopic (exact) mass is 360 g/mol. The molecule has 1 amide bonds. The molecule has 1 heterocycles. The van der Waals surface area contributed by atoms with Crippen LogP contribution in [-0.2, 0) is 27.4 Å². The fourth-order valence-corrected chi connectivity index (χ4v) is 2.63. The van der Waals surface area contributed by atoms with Crippen molar-refractivity contribution in [2.45, 2.75) is 38.2 Å². The first-order chi connectivity index (χ1) is 11.8. The number of benzene rings is 1. The Morgan fingerprint density at radius 2 is 1.84 bits per heavy atom. The first kappa shape index (κ1) is 19.7. The molecule has 1 aliphatic rings. The fourth-order valence-electron chi connectivity index (χ4n) is 2.63. The van der Waals surface area contributed by atoms with Crippen molar-refractivity contribution < 1.29 is 27.4 Å². The summed E-state index contributed by atoms with van der Waals surface area (Å²) in [6, 6.07) is 6.28. The van der Waals surface area contributed by atoms with Gasteiger partial charge in [-0.2, -0.15) is 13.2 Å². The molecule has 1 unspecified atom stereocenters. The molecule has 0 saturated carbocycles. The van der Waals surface area contributed by atoms with E-state index in [1.165, 1.54) is 0 Å². The SMILES string of the molecule is NC(C(=O)NCc1ccc(COCC(F)(F)F)cc1)C1CCOCC1. The van der Waals surface area contributed by atoms with Crippen molar-refractivity contribution >= 4 is 5.91 Å². The third-order valence-electron chi connectivity index (χ3n) is 4.10. The van der Waals surface area contributed by atoms with Crippen molar-refractivity contribution in [3.05, 3.63) is 35.4 Å². The lowest BCUT2D eigenvalue weighted by molar-refractivity contribution is -0.176. The van der Waals surface area contributed by atoms with Crippen LogP contribution in [0, 0.1) is 5.92 Å². The molecule has 2 rings (SSSR count). The average molecular weight is 360 g/mol. The van der Waals surface area contributed by atoms with E-state index in [1.807, 2.05) is 0 Å². The molecular formula is C17H23F3N2O3. The number of hydrogen-bond donors (Lipinski definition) is 2. The van der Waals surface area contributed by atoms with Crippen LogP contribution in [0.3, 0.4) is 0 Å². The number of carbonyl (C=O) groups is 1. The molecule has 1 fully saturated rings. The van der Waals surface area contributed by atoms with Gasteiger partial charge in [0.1, 0.15) is 6.61 Å². The molecule has 0 radical (unpaired) electrons. The van der Waals surface area contributed by atoms with Crippen molar-refractivity contribution in [2.24, 2.45) is 11.7 Å². The highest BCUT2D eigenvalue weighted by Crippen LogP contribution is 2.18. The lowest BCUT2D eigenvalue weighted by Crippen LogP contribution is -2.46. The van der Waals surface area contributed by atoms with Crippen LogP contribution in [-0.4, -0.2) is 37.9 Å². The van der Waals surface area contributed by atoms with E-state index in [4.69, 9.17) is 10.5 Å². The minimum absolute atomic E-state index is 0.110. The van der Waals surface area contributed by atoms with Gasteiger partial charge in [-0.1, -0.05) is 24.3 Å². The van der Waals surface area contributed by atoms with Crippen molar-refractivity contribution in [1.82, 2.24) is 5.32 Å². The summed E-state index contributed by atoms with van der Waals surface area (Å²) in [6.07, 6.45) is -2.77. The van der Waals surface area contributed by atoms with E-state index in [1.54, 1.807) is 24.3 Å². The second kappa shape index (κ2) is 9.17. The topological polar surface area (TPSA) is 73.6 Å². The van der Waals surface area contributed by atoms with Gasteiger partial charge in [-0.15, -0.1) is 0 Å². The number of ether oxygens (including phenoxy) is 2. The van der Waals surface area contributed by atoms with Crippen LogP contribution in [0.2, 0.25) is 0 Å². The highest BCUT2D eigenvalue weighted by molar-refractivity contribution is 5.81. The first-order valence-electron chi connectivity index (χ1n) is 8.18. The van der Waals surface area contributed by atoms with Crippen molar-refractivity contribution in [1.29, 1.82) is 0 Å². The maximum Gasteiger partial charge on any atom is 0.411 e. The van der Waals surface area contributed by atoms with Crippen LogP contribution in [0.4, 0.5) is 13.2 Å². The van der Waals surface area contributed by atoms with Crippen LogP contribution in [0.5, 0.6) is 0 Å². The highest BCUT2D eigenvalue weighted by atomic mass is 19.4. The predicted octanol–water partition coefficient (Wildman–Crippen LogP) is 2.14. The molecule has 1 atom stereocenters. The lowest BCUT2D eigenvalue weighted by Gasteiger charge is -2.26. The van der Waals surface area contributed by atoms with E-state index < -0.39 is 18.8 Å². The minimum Gasteiger partial charge on any atom is -0.381 e. The molecule has 1 aromatic rings. The second-order valence-electron chi connectivity index (χ2n) is 6.12. The van der Waals surface area contributed by atoms with Crippen molar-refractivity contribution in [2.75, 3.05) is 19.8 Å². The highest BCUT2D eigenvalue weighted by Gasteiger charge is 2.27. The van der Waals surface area contributed by atoms with E-state index in [0.717, 1.165) is 18.4 Å². The predicted molar refractivity (Wildman–Crippen MR) is 85.5 cm³/mol. The largest absolute Gasteiger partial charge is 0.411 e. The molecule has 0 aliphatic carbocycles. The van der Waals surface area contributed by atoms with Crippen LogP contribution >= 0.6 is 0 Å². The number of carbonyl (C=O) groups excluding carboxylic acids is 1. The van der Waals surface area contributed by atoms with Gasteiger partial charge < -0.3 is 20.5 Å². The standard InChI is InChI=1S/C17H23F3N2O3/c18-17(19,20)11-25-10-13-3-1-12(2-4-13)9-22-16(23)15(21)14-5-7-24-8-6-14/h1-4,14-15H,5-11,21H2,(H,22,23). The van der Waals surface area contributed by atoms with Crippen LogP contribution < -0.4 is 11.1 Å². The Bertz CT molecular complexity index is 543. The molecule has 0 spiro atoms. The van der Waals surface area contributed by atoms with Crippen molar-refractivity contribution in [3.8, 4) is 0 Å². The summed E-state index contributed by atoms with van der Waals surface area (Å²) in [6.45, 7) is 0.197. The van der Waals surface area contributed by atoms with Crippen LogP contribution in [0.25, 0.3) is 0 Å². The maximum atomic E-state index is 12.1. The number of halogens is 3. The zero-order chi connectivity index (χ0) is 18.3. The second-order valence-corrected chi connectivity index (χ2v) is 6.12. The molecule has 1 saturated heterocycles. The molecule has 3 N–H and O–H groups in total. The number of hydrogen-bond acceptors (Lipinski definition) is 4. The van der Waals surface area contributed by atoms with Crippen molar-refractivity contribution in [3.63, 3.8) is 0 Å². The molecule has 1 aliphatic heterocycles. The Hall–Kier alpha value is -1.64. The van der Waals surface area contributed by atoms with Gasteiger partial charge in [0.05, 0.1) is 12.6 Å². The molecular weight excluding hydrogens is 337 g/mol. The van der Waals surface area contributed by atoms with Crippen LogP contribution in [0.1, 0.15) is 24.0 Å². The zero-order valence-electron chi connectivity index (χ0n) is 13.8. The normalized spacial score (nSPS) is 17.3. The van der Waals surface area contributed by atoms with Gasteiger partial charge in [-0.3, -0.25) is 4.79 Å². The Kier molecular flexibility index (Phi) is 7.22. The lowest BCUT2D eigenvalue weighted by atomic mass is 9.92. The van der Waals surface area contributed by atoms with Crippen LogP contribution in [0.15, 0.2) is 24.3 Å². The van der Waals surface area contributed by atoms with Gasteiger partial charge in [0, 0.05) is 19.8 Å². The Morgan fingerprint density at radius 1 is 1.24 bits per heavy atom. The molecule has 8 heteroatoms. The Morgan fingerprint density at radius 3 is 2.44 bits per heavy atom. The van der Waals surface area contributed by atoms with Gasteiger partial charge >= 0.3 is 6.18 Å². The summed E-state index contributed by atoms with van der Waals surface area (Å²) in [7, 11) is 0. The Labute approximate surface area is 144 Å². The van der Waals surface area contributed by atoms with E-state index in [-0.39, 0.29) is 18.4 Å². The number of nitrogens with two attached hydrogens (primary N) is 1. The zero-order valence-corrected chi connectivity index (χ0v) is 13.8. The molecule has 140 valence electrons. The third-order valence-corrected chi connectivity index (χ3v) is 4.10. The number of alkyl halides is 3. The average Bonchev–Trinajstić information content (AvgIpc) is 2.60. The summed E-state index contributed by atoms with van der Waals surface area (Å²) >= 11 is 0.